The lowest BCUT2D eigenvalue weighted by molar-refractivity contribution is 0.0793. The van der Waals surface area contributed by atoms with Gasteiger partial charge in [-0.25, -0.2) is 0 Å². The van der Waals surface area contributed by atoms with Crippen molar-refractivity contribution in [2.75, 3.05) is 13.6 Å². The maximum Gasteiger partial charge on any atom is 0.259 e. The highest BCUT2D eigenvalue weighted by Gasteiger charge is 2.12. The number of benzene rings is 2. The van der Waals surface area contributed by atoms with Gasteiger partial charge in [-0.1, -0.05) is 30.3 Å². The Labute approximate surface area is 150 Å². The topological polar surface area (TPSA) is 69.0 Å². The second-order valence-electron chi connectivity index (χ2n) is 5.98. The molecule has 6 heteroatoms. The molecule has 25 heavy (non-hydrogen) atoms. The highest BCUT2D eigenvalue weighted by atomic mass is 32.1. The molecule has 0 aliphatic rings. The summed E-state index contributed by atoms with van der Waals surface area (Å²) in [5, 5.41) is 0.483. The van der Waals surface area contributed by atoms with Crippen molar-refractivity contribution < 1.29 is 4.79 Å². The first-order valence-corrected chi connectivity index (χ1v) is 8.51. The summed E-state index contributed by atoms with van der Waals surface area (Å²) in [5.74, 6) is -0.0745. The van der Waals surface area contributed by atoms with Crippen LogP contribution in [-0.2, 0) is 6.42 Å². The van der Waals surface area contributed by atoms with Gasteiger partial charge in [-0.05, 0) is 48.8 Å². The van der Waals surface area contributed by atoms with Crippen LogP contribution in [0, 0.1) is 4.77 Å². The summed E-state index contributed by atoms with van der Waals surface area (Å²) in [6, 6.07) is 15.2. The molecule has 0 fully saturated rings. The maximum atomic E-state index is 12.6. The summed E-state index contributed by atoms with van der Waals surface area (Å²) in [5.41, 5.74) is 2.11. The number of amides is 1. The second kappa shape index (κ2) is 7.44. The van der Waals surface area contributed by atoms with E-state index in [1.807, 2.05) is 18.2 Å². The van der Waals surface area contributed by atoms with Crippen molar-refractivity contribution in [1.82, 2.24) is 14.9 Å². The van der Waals surface area contributed by atoms with Gasteiger partial charge in [-0.2, -0.15) is 0 Å². The molecule has 0 saturated heterocycles. The van der Waals surface area contributed by atoms with Crippen molar-refractivity contribution >= 4 is 29.0 Å². The first kappa shape index (κ1) is 17.1. The van der Waals surface area contributed by atoms with E-state index < -0.39 is 0 Å². The van der Waals surface area contributed by atoms with Crippen LogP contribution in [-0.4, -0.2) is 34.4 Å². The zero-order chi connectivity index (χ0) is 17.8. The number of aryl methyl sites for hydroxylation is 1. The second-order valence-corrected chi connectivity index (χ2v) is 6.39. The SMILES string of the molecule is CN(CCCc1ccccc1)C(=O)c1ccc2c(=O)[nH]c(=S)[nH]c2c1. The van der Waals surface area contributed by atoms with Crippen molar-refractivity contribution in [2.24, 2.45) is 0 Å². The van der Waals surface area contributed by atoms with Gasteiger partial charge in [0.25, 0.3) is 11.5 Å². The Morgan fingerprint density at radius 2 is 1.88 bits per heavy atom. The molecule has 1 amide bonds. The fourth-order valence-electron chi connectivity index (χ4n) is 2.79. The number of carbonyl (C=O) groups excluding carboxylic acids is 1. The Morgan fingerprint density at radius 1 is 1.12 bits per heavy atom. The molecule has 0 aliphatic carbocycles. The number of carbonyl (C=O) groups is 1. The molecule has 3 rings (SSSR count). The molecule has 2 aromatic carbocycles. The molecule has 0 aliphatic heterocycles. The smallest absolute Gasteiger partial charge is 0.259 e. The lowest BCUT2D eigenvalue weighted by Gasteiger charge is -2.17. The molecule has 2 N–H and O–H groups in total. The predicted molar refractivity (Wildman–Crippen MR) is 101 cm³/mol. The number of aromatic nitrogens is 2. The van der Waals surface area contributed by atoms with Gasteiger partial charge in [0.1, 0.15) is 0 Å². The maximum absolute atomic E-state index is 12.6. The minimum Gasteiger partial charge on any atom is -0.342 e. The first-order chi connectivity index (χ1) is 12.0. The van der Waals surface area contributed by atoms with E-state index in [4.69, 9.17) is 12.2 Å². The fourth-order valence-corrected chi connectivity index (χ4v) is 2.99. The summed E-state index contributed by atoms with van der Waals surface area (Å²) in [6.07, 6.45) is 1.82. The Morgan fingerprint density at radius 3 is 2.64 bits per heavy atom. The van der Waals surface area contributed by atoms with E-state index in [0.717, 1.165) is 12.8 Å². The Bertz CT molecular complexity index is 1010. The van der Waals surface area contributed by atoms with Crippen LogP contribution in [0.2, 0.25) is 0 Å². The third kappa shape index (κ3) is 4.03. The van der Waals surface area contributed by atoms with Crippen LogP contribution >= 0.6 is 12.2 Å². The number of fused-ring (bicyclic) bond motifs is 1. The minimum atomic E-state index is -0.256. The van der Waals surface area contributed by atoms with E-state index in [9.17, 15) is 9.59 Å². The summed E-state index contributed by atoms with van der Waals surface area (Å²) < 4.78 is 0.248. The number of nitrogens with zero attached hydrogens (tertiary/aromatic N) is 1. The monoisotopic (exact) mass is 353 g/mol. The van der Waals surface area contributed by atoms with Crippen molar-refractivity contribution in [3.8, 4) is 0 Å². The molecule has 1 aromatic heterocycles. The average molecular weight is 353 g/mol. The summed E-state index contributed by atoms with van der Waals surface area (Å²) in [4.78, 5) is 31.6. The van der Waals surface area contributed by atoms with Gasteiger partial charge >= 0.3 is 0 Å². The molecule has 0 atom stereocenters. The van der Waals surface area contributed by atoms with Crippen molar-refractivity contribution in [2.45, 2.75) is 12.8 Å². The van der Waals surface area contributed by atoms with Crippen LogP contribution in [0.5, 0.6) is 0 Å². The summed E-state index contributed by atoms with van der Waals surface area (Å²) in [7, 11) is 1.79. The number of nitrogens with one attached hydrogen (secondary N) is 2. The third-order valence-electron chi connectivity index (χ3n) is 4.13. The Hall–Kier alpha value is -2.73. The lowest BCUT2D eigenvalue weighted by atomic mass is 10.1. The van der Waals surface area contributed by atoms with E-state index in [0.29, 0.717) is 23.0 Å². The molecule has 0 spiro atoms. The molecular formula is C19H19N3O2S. The number of hydrogen-bond acceptors (Lipinski definition) is 3. The summed E-state index contributed by atoms with van der Waals surface area (Å²) >= 11 is 4.98. The quantitative estimate of drug-likeness (QED) is 0.692. The van der Waals surface area contributed by atoms with Crippen LogP contribution in [0.4, 0.5) is 0 Å². The Balaban J connectivity index is 1.70. The van der Waals surface area contributed by atoms with Crippen LogP contribution < -0.4 is 5.56 Å². The highest BCUT2D eigenvalue weighted by molar-refractivity contribution is 7.71. The van der Waals surface area contributed by atoms with E-state index in [1.165, 1.54) is 5.56 Å². The summed E-state index contributed by atoms with van der Waals surface area (Å²) in [6.45, 7) is 0.664. The number of rotatable bonds is 5. The number of hydrogen-bond donors (Lipinski definition) is 2. The zero-order valence-electron chi connectivity index (χ0n) is 13.9. The molecule has 5 nitrogen and oxygen atoms in total. The van der Waals surface area contributed by atoms with Gasteiger partial charge in [-0.3, -0.25) is 14.6 Å². The molecule has 3 aromatic rings. The molecular weight excluding hydrogens is 334 g/mol. The molecule has 0 saturated carbocycles. The average Bonchev–Trinajstić information content (AvgIpc) is 2.61. The molecule has 1 heterocycles. The predicted octanol–water partition coefficient (Wildman–Crippen LogP) is 3.29. The normalized spacial score (nSPS) is 10.8. The number of H-pyrrole nitrogens is 2. The molecule has 0 unspecified atom stereocenters. The van der Waals surface area contributed by atoms with Crippen LogP contribution in [0.3, 0.4) is 0 Å². The van der Waals surface area contributed by atoms with Crippen molar-refractivity contribution in [3.05, 3.63) is 74.8 Å². The number of aromatic amines is 2. The zero-order valence-corrected chi connectivity index (χ0v) is 14.7. The largest absolute Gasteiger partial charge is 0.342 e. The van der Waals surface area contributed by atoms with Crippen LogP contribution in [0.15, 0.2) is 53.3 Å². The molecule has 0 radical (unpaired) electrons. The van der Waals surface area contributed by atoms with Crippen LogP contribution in [0.1, 0.15) is 22.3 Å². The van der Waals surface area contributed by atoms with Gasteiger partial charge in [0.05, 0.1) is 10.9 Å². The highest BCUT2D eigenvalue weighted by Crippen LogP contribution is 2.12. The molecule has 0 bridgehead atoms. The third-order valence-corrected chi connectivity index (χ3v) is 4.34. The van der Waals surface area contributed by atoms with Gasteiger partial charge < -0.3 is 9.88 Å². The lowest BCUT2D eigenvalue weighted by Crippen LogP contribution is -2.28. The molecule has 128 valence electrons. The fraction of sp³-hybridized carbons (Fsp3) is 0.211. The van der Waals surface area contributed by atoms with E-state index in [2.05, 4.69) is 22.1 Å². The van der Waals surface area contributed by atoms with E-state index in [-0.39, 0.29) is 16.2 Å². The van der Waals surface area contributed by atoms with Crippen molar-refractivity contribution in [1.29, 1.82) is 0 Å². The van der Waals surface area contributed by atoms with E-state index in [1.54, 1.807) is 30.1 Å². The van der Waals surface area contributed by atoms with Crippen molar-refractivity contribution in [3.63, 3.8) is 0 Å². The Kier molecular flexibility index (Phi) is 5.09. The minimum absolute atomic E-state index is 0.0745. The van der Waals surface area contributed by atoms with Gasteiger partial charge in [0.2, 0.25) is 0 Å². The van der Waals surface area contributed by atoms with Gasteiger partial charge in [0, 0.05) is 19.2 Å². The van der Waals surface area contributed by atoms with E-state index >= 15 is 0 Å². The standard InChI is InChI=1S/C19H19N3O2S/c1-22(11-5-8-13-6-3-2-4-7-13)18(24)14-9-10-15-16(12-14)20-19(25)21-17(15)23/h2-4,6-7,9-10,12H,5,8,11H2,1H3,(H2,20,21,23,25). The first-order valence-electron chi connectivity index (χ1n) is 8.10. The van der Waals surface area contributed by atoms with Gasteiger partial charge in [-0.15, -0.1) is 0 Å². The van der Waals surface area contributed by atoms with Crippen LogP contribution in [0.25, 0.3) is 10.9 Å². The van der Waals surface area contributed by atoms with Gasteiger partial charge in [0.15, 0.2) is 4.77 Å².